The molecule has 1 aliphatic carbocycles. The van der Waals surface area contributed by atoms with Crippen LogP contribution in [0, 0.1) is 11.3 Å². The van der Waals surface area contributed by atoms with Crippen molar-refractivity contribution in [1.82, 2.24) is 10.6 Å². The van der Waals surface area contributed by atoms with Gasteiger partial charge in [0.25, 0.3) is 0 Å². The third kappa shape index (κ3) is 7.71. The highest BCUT2D eigenvalue weighted by atomic mass is 16.5. The van der Waals surface area contributed by atoms with Gasteiger partial charge in [0.15, 0.2) is 5.96 Å². The second kappa shape index (κ2) is 10.5. The van der Waals surface area contributed by atoms with Crippen molar-refractivity contribution in [3.8, 4) is 0 Å². The van der Waals surface area contributed by atoms with Crippen molar-refractivity contribution < 1.29 is 9.53 Å². The Kier molecular flexibility index (Phi) is 9.03. The topological polar surface area (TPSA) is 62.7 Å². The number of esters is 1. The molecular formula is C18H35N3O2. The van der Waals surface area contributed by atoms with Gasteiger partial charge in [0.05, 0.1) is 7.11 Å². The monoisotopic (exact) mass is 325 g/mol. The second-order valence-electron chi connectivity index (χ2n) is 7.19. The van der Waals surface area contributed by atoms with E-state index in [0.717, 1.165) is 44.2 Å². The Morgan fingerprint density at radius 2 is 1.96 bits per heavy atom. The lowest BCUT2D eigenvalue weighted by molar-refractivity contribution is -0.140. The normalized spacial score (nSPS) is 16.8. The van der Waals surface area contributed by atoms with E-state index in [1.807, 2.05) is 7.05 Å². The third-order valence-corrected chi connectivity index (χ3v) is 4.69. The Morgan fingerprint density at radius 3 is 2.48 bits per heavy atom. The highest BCUT2D eigenvalue weighted by molar-refractivity contribution is 5.79. The van der Waals surface area contributed by atoms with Crippen molar-refractivity contribution >= 4 is 11.9 Å². The van der Waals surface area contributed by atoms with E-state index in [0.29, 0.717) is 11.8 Å². The number of hydrogen-bond acceptors (Lipinski definition) is 3. The Bertz CT molecular complexity index is 376. The number of hydrogen-bond donors (Lipinski definition) is 2. The molecule has 0 amide bonds. The average Bonchev–Trinajstić information content (AvgIpc) is 2.49. The Morgan fingerprint density at radius 1 is 1.22 bits per heavy atom. The fraction of sp³-hybridized carbons (Fsp3) is 0.889. The van der Waals surface area contributed by atoms with Crippen molar-refractivity contribution in [2.24, 2.45) is 16.3 Å². The van der Waals surface area contributed by atoms with Gasteiger partial charge in [0.2, 0.25) is 0 Å². The molecule has 0 aliphatic heterocycles. The molecule has 0 aromatic carbocycles. The first-order valence-electron chi connectivity index (χ1n) is 9.03. The summed E-state index contributed by atoms with van der Waals surface area (Å²) in [4.78, 5) is 15.3. The van der Waals surface area contributed by atoms with Crippen LogP contribution in [-0.2, 0) is 9.53 Å². The van der Waals surface area contributed by atoms with Crippen LogP contribution in [-0.4, -0.2) is 39.2 Å². The first kappa shape index (κ1) is 19.8. The predicted octanol–water partition coefficient (Wildman–Crippen LogP) is 3.10. The molecule has 0 radical (unpaired) electrons. The predicted molar refractivity (Wildman–Crippen MR) is 95.6 cm³/mol. The molecule has 2 N–H and O–H groups in total. The van der Waals surface area contributed by atoms with Gasteiger partial charge in [-0.2, -0.15) is 0 Å². The highest BCUT2D eigenvalue weighted by Crippen LogP contribution is 2.45. The minimum Gasteiger partial charge on any atom is -0.469 e. The second-order valence-corrected chi connectivity index (χ2v) is 7.19. The molecule has 0 unspecified atom stereocenters. The van der Waals surface area contributed by atoms with Crippen molar-refractivity contribution in [2.45, 2.75) is 65.2 Å². The first-order chi connectivity index (χ1) is 11.0. The number of carbonyl (C=O) groups is 1. The number of carbonyl (C=O) groups excluding carboxylic acids is 1. The van der Waals surface area contributed by atoms with Crippen LogP contribution in [0.1, 0.15) is 65.2 Å². The van der Waals surface area contributed by atoms with Gasteiger partial charge in [-0.15, -0.1) is 0 Å². The quantitative estimate of drug-likeness (QED) is 0.280. The number of unbranched alkanes of at least 4 members (excludes halogenated alkanes) is 2. The highest BCUT2D eigenvalue weighted by Gasteiger charge is 2.37. The maximum Gasteiger partial charge on any atom is 0.305 e. The maximum absolute atomic E-state index is 11.0. The van der Waals surface area contributed by atoms with Crippen LogP contribution in [0.4, 0.5) is 0 Å². The van der Waals surface area contributed by atoms with E-state index < -0.39 is 0 Å². The summed E-state index contributed by atoms with van der Waals surface area (Å²) >= 11 is 0. The Labute approximate surface area is 141 Å². The minimum absolute atomic E-state index is 0.119. The van der Waals surface area contributed by atoms with Crippen LogP contribution in [0.2, 0.25) is 0 Å². The lowest BCUT2D eigenvalue weighted by Crippen LogP contribution is -2.47. The molecule has 0 bridgehead atoms. The molecule has 1 fully saturated rings. The average molecular weight is 325 g/mol. The van der Waals surface area contributed by atoms with E-state index in [-0.39, 0.29) is 5.97 Å². The summed E-state index contributed by atoms with van der Waals surface area (Å²) < 4.78 is 4.64. The van der Waals surface area contributed by atoms with Crippen LogP contribution < -0.4 is 10.6 Å². The molecule has 0 saturated heterocycles. The zero-order valence-corrected chi connectivity index (χ0v) is 15.4. The molecule has 0 spiro atoms. The molecule has 134 valence electrons. The number of methoxy groups -OCH3 is 1. The Balaban J connectivity index is 2.16. The fourth-order valence-electron chi connectivity index (χ4n) is 3.37. The van der Waals surface area contributed by atoms with Crippen molar-refractivity contribution in [3.05, 3.63) is 0 Å². The number of rotatable bonds is 10. The first-order valence-corrected chi connectivity index (χ1v) is 9.03. The lowest BCUT2D eigenvalue weighted by atomic mass is 9.64. The van der Waals surface area contributed by atoms with Gasteiger partial charge in [-0.25, -0.2) is 0 Å². The number of aliphatic imine (C=N–C) groups is 1. The minimum atomic E-state index is -0.119. The van der Waals surface area contributed by atoms with Crippen LogP contribution in [0.25, 0.3) is 0 Å². The summed E-state index contributed by atoms with van der Waals surface area (Å²) in [5.41, 5.74) is 0.478. The van der Waals surface area contributed by atoms with Gasteiger partial charge >= 0.3 is 5.97 Å². The summed E-state index contributed by atoms with van der Waals surface area (Å²) in [5, 5.41) is 6.87. The van der Waals surface area contributed by atoms with Gasteiger partial charge in [-0.05, 0) is 43.4 Å². The largest absolute Gasteiger partial charge is 0.469 e. The molecule has 5 nitrogen and oxygen atoms in total. The maximum atomic E-state index is 11.0. The number of guanidine groups is 1. The van der Waals surface area contributed by atoms with Gasteiger partial charge in [-0.3, -0.25) is 9.79 Å². The van der Waals surface area contributed by atoms with Crippen molar-refractivity contribution in [1.29, 1.82) is 0 Å². The zero-order valence-electron chi connectivity index (χ0n) is 15.4. The molecule has 0 aromatic heterocycles. The lowest BCUT2D eigenvalue weighted by Gasteiger charge is -2.43. The molecule has 0 atom stereocenters. The van der Waals surface area contributed by atoms with E-state index in [1.54, 1.807) is 0 Å². The van der Waals surface area contributed by atoms with Gasteiger partial charge in [0, 0.05) is 26.6 Å². The van der Waals surface area contributed by atoms with Gasteiger partial charge < -0.3 is 15.4 Å². The van der Waals surface area contributed by atoms with E-state index in [2.05, 4.69) is 34.2 Å². The molecule has 1 aliphatic rings. The van der Waals surface area contributed by atoms with E-state index in [9.17, 15) is 4.79 Å². The van der Waals surface area contributed by atoms with E-state index >= 15 is 0 Å². The molecule has 1 rings (SSSR count). The number of nitrogens with one attached hydrogen (secondary N) is 2. The summed E-state index contributed by atoms with van der Waals surface area (Å²) in [7, 11) is 3.26. The van der Waals surface area contributed by atoms with E-state index in [4.69, 9.17) is 0 Å². The molecule has 23 heavy (non-hydrogen) atoms. The van der Waals surface area contributed by atoms with Crippen LogP contribution >= 0.6 is 0 Å². The zero-order chi connectivity index (χ0) is 17.1. The third-order valence-electron chi connectivity index (χ3n) is 4.69. The molecule has 0 aromatic rings. The van der Waals surface area contributed by atoms with Crippen molar-refractivity contribution in [2.75, 3.05) is 27.2 Å². The standard InChI is InChI=1S/C18H35N3O2/c1-15(2)13-18(10-8-11-18)14-21-17(19-3)20-12-7-5-6-9-16(22)23-4/h15H,5-14H2,1-4H3,(H2,19,20,21). The summed E-state index contributed by atoms with van der Waals surface area (Å²) in [6.45, 7) is 6.52. The number of nitrogens with zero attached hydrogens (tertiary/aromatic N) is 1. The smallest absolute Gasteiger partial charge is 0.305 e. The van der Waals surface area contributed by atoms with Crippen LogP contribution in [0.5, 0.6) is 0 Å². The van der Waals surface area contributed by atoms with Gasteiger partial charge in [0.1, 0.15) is 0 Å². The summed E-state index contributed by atoms with van der Waals surface area (Å²) in [6, 6.07) is 0. The summed E-state index contributed by atoms with van der Waals surface area (Å²) in [5.74, 6) is 1.53. The molecule has 1 saturated carbocycles. The summed E-state index contributed by atoms with van der Waals surface area (Å²) in [6.07, 6.45) is 8.79. The van der Waals surface area contributed by atoms with Crippen molar-refractivity contribution in [3.63, 3.8) is 0 Å². The van der Waals surface area contributed by atoms with Crippen LogP contribution in [0.3, 0.4) is 0 Å². The van der Waals surface area contributed by atoms with Gasteiger partial charge in [-0.1, -0.05) is 26.7 Å². The SMILES string of the molecule is CN=C(NCCCCCC(=O)OC)NCC1(CC(C)C)CCC1. The number of ether oxygens (including phenoxy) is 1. The molecule has 0 heterocycles. The van der Waals surface area contributed by atoms with E-state index in [1.165, 1.54) is 32.8 Å². The van der Waals surface area contributed by atoms with Crippen LogP contribution in [0.15, 0.2) is 4.99 Å². The Hall–Kier alpha value is -1.26. The molecule has 5 heteroatoms. The fourth-order valence-corrected chi connectivity index (χ4v) is 3.37. The molecular weight excluding hydrogens is 290 g/mol.